The standard InChI is InChI=1S/C62H39NS/c1-4-16-41(17-5-1)47-25-14-27-53-54-28-15-26-48(62(54)64-61(47)53)45-33-37-58-55(39-45)49-22-12-13-29-57(49)63(58)46-34-30-40(31-35-46)44-32-36-52-56(38-44)60(43-20-8-3-9-21-43)51-24-11-10-23-50(51)59(52)42-18-6-2-7-19-42/h1-39H. The summed E-state index contributed by atoms with van der Waals surface area (Å²) in [6.45, 7) is 0. The Labute approximate surface area is 375 Å². The van der Waals surface area contributed by atoms with Crippen LogP contribution in [0.4, 0.5) is 0 Å². The van der Waals surface area contributed by atoms with Crippen molar-refractivity contribution in [2.24, 2.45) is 0 Å². The lowest BCUT2D eigenvalue weighted by Crippen LogP contribution is -1.94. The van der Waals surface area contributed by atoms with Gasteiger partial charge in [0.05, 0.1) is 11.0 Å². The van der Waals surface area contributed by atoms with Gasteiger partial charge in [-0.3, -0.25) is 0 Å². The topological polar surface area (TPSA) is 4.93 Å². The van der Waals surface area contributed by atoms with E-state index in [1.807, 2.05) is 11.3 Å². The number of benzene rings is 11. The van der Waals surface area contributed by atoms with Gasteiger partial charge in [-0.05, 0) is 114 Å². The monoisotopic (exact) mass is 829 g/mol. The van der Waals surface area contributed by atoms with Crippen LogP contribution in [0.5, 0.6) is 0 Å². The van der Waals surface area contributed by atoms with Crippen LogP contribution in [0.15, 0.2) is 237 Å². The van der Waals surface area contributed by atoms with E-state index >= 15 is 0 Å². The summed E-state index contributed by atoms with van der Waals surface area (Å²) in [6, 6.07) is 87.0. The highest BCUT2D eigenvalue weighted by molar-refractivity contribution is 7.26. The van der Waals surface area contributed by atoms with E-state index in [0.717, 1.165) is 5.69 Å². The molecule has 0 atom stereocenters. The van der Waals surface area contributed by atoms with Crippen molar-refractivity contribution < 1.29 is 0 Å². The molecule has 0 saturated heterocycles. The lowest BCUT2D eigenvalue weighted by Gasteiger charge is -2.19. The Hall–Kier alpha value is -8.04. The molecule has 0 fully saturated rings. The average Bonchev–Trinajstić information content (AvgIpc) is 3.92. The highest BCUT2D eigenvalue weighted by atomic mass is 32.1. The lowest BCUT2D eigenvalue weighted by molar-refractivity contribution is 1.18. The minimum atomic E-state index is 1.14. The maximum absolute atomic E-state index is 2.43. The molecular weight excluding hydrogens is 791 g/mol. The Balaban J connectivity index is 0.934. The zero-order chi connectivity index (χ0) is 42.1. The molecule has 2 heteroatoms. The molecule has 2 aromatic heterocycles. The lowest BCUT2D eigenvalue weighted by atomic mass is 9.85. The predicted molar refractivity (Wildman–Crippen MR) is 276 cm³/mol. The van der Waals surface area contributed by atoms with Gasteiger partial charge in [0, 0.05) is 36.6 Å². The fourth-order valence-electron chi connectivity index (χ4n) is 10.3. The molecule has 2 heterocycles. The molecular formula is C62H39NS. The molecule has 0 saturated carbocycles. The van der Waals surface area contributed by atoms with Gasteiger partial charge in [0.15, 0.2) is 0 Å². The van der Waals surface area contributed by atoms with Crippen molar-refractivity contribution in [2.75, 3.05) is 0 Å². The van der Waals surface area contributed by atoms with Crippen LogP contribution >= 0.6 is 11.3 Å². The Kier molecular flexibility index (Phi) is 8.47. The van der Waals surface area contributed by atoms with E-state index in [4.69, 9.17) is 0 Å². The van der Waals surface area contributed by atoms with Crippen molar-refractivity contribution in [3.8, 4) is 61.3 Å². The summed E-state index contributed by atoms with van der Waals surface area (Å²) in [4.78, 5) is 0. The molecule has 0 unspecified atom stereocenters. The van der Waals surface area contributed by atoms with Gasteiger partial charge in [0.1, 0.15) is 0 Å². The molecule has 1 nitrogen and oxygen atoms in total. The minimum Gasteiger partial charge on any atom is -0.309 e. The Morgan fingerprint density at radius 3 is 1.34 bits per heavy atom. The molecule has 0 spiro atoms. The second-order valence-electron chi connectivity index (χ2n) is 16.8. The fraction of sp³-hybridized carbons (Fsp3) is 0. The molecule has 0 aliphatic heterocycles. The number of fused-ring (bicyclic) bond motifs is 8. The van der Waals surface area contributed by atoms with Gasteiger partial charge in [0.2, 0.25) is 0 Å². The number of aromatic nitrogens is 1. The van der Waals surface area contributed by atoms with E-state index in [0.29, 0.717) is 0 Å². The molecule has 64 heavy (non-hydrogen) atoms. The van der Waals surface area contributed by atoms with Gasteiger partial charge in [-0.25, -0.2) is 0 Å². The van der Waals surface area contributed by atoms with Crippen LogP contribution in [-0.4, -0.2) is 4.57 Å². The minimum absolute atomic E-state index is 1.14. The smallest absolute Gasteiger partial charge is 0.0541 e. The summed E-state index contributed by atoms with van der Waals surface area (Å²) >= 11 is 1.91. The zero-order valence-electron chi connectivity index (χ0n) is 34.9. The van der Waals surface area contributed by atoms with Crippen LogP contribution < -0.4 is 0 Å². The number of hydrogen-bond donors (Lipinski definition) is 0. The van der Waals surface area contributed by atoms with Gasteiger partial charge in [-0.2, -0.15) is 0 Å². The van der Waals surface area contributed by atoms with Crippen molar-refractivity contribution >= 4 is 74.9 Å². The van der Waals surface area contributed by atoms with Crippen molar-refractivity contribution in [3.63, 3.8) is 0 Å². The van der Waals surface area contributed by atoms with Gasteiger partial charge in [-0.1, -0.05) is 200 Å². The van der Waals surface area contributed by atoms with E-state index in [1.54, 1.807) is 0 Å². The summed E-state index contributed by atoms with van der Waals surface area (Å²) in [6.07, 6.45) is 0. The first-order chi connectivity index (χ1) is 31.8. The largest absolute Gasteiger partial charge is 0.309 e. The number of nitrogens with zero attached hydrogens (tertiary/aromatic N) is 1. The maximum atomic E-state index is 2.43. The molecule has 0 N–H and O–H groups in total. The average molecular weight is 830 g/mol. The second kappa shape index (κ2) is 14.8. The number of thiophene rings is 1. The van der Waals surface area contributed by atoms with E-state index in [-0.39, 0.29) is 0 Å². The number of rotatable bonds is 6. The quantitative estimate of drug-likeness (QED) is 0.147. The highest BCUT2D eigenvalue weighted by Crippen LogP contribution is 2.47. The summed E-state index contributed by atoms with van der Waals surface area (Å²) in [5.41, 5.74) is 16.0. The molecule has 0 radical (unpaired) electrons. The van der Waals surface area contributed by atoms with Crippen LogP contribution in [0.1, 0.15) is 0 Å². The van der Waals surface area contributed by atoms with Crippen LogP contribution in [0.3, 0.4) is 0 Å². The van der Waals surface area contributed by atoms with Crippen molar-refractivity contribution in [2.45, 2.75) is 0 Å². The third-order valence-corrected chi connectivity index (χ3v) is 14.5. The van der Waals surface area contributed by atoms with E-state index < -0.39 is 0 Å². The number of hydrogen-bond acceptors (Lipinski definition) is 1. The summed E-state index contributed by atoms with van der Waals surface area (Å²) in [5, 5.41) is 10.2. The van der Waals surface area contributed by atoms with Gasteiger partial charge >= 0.3 is 0 Å². The van der Waals surface area contributed by atoms with Crippen molar-refractivity contribution in [1.29, 1.82) is 0 Å². The summed E-state index contributed by atoms with van der Waals surface area (Å²) < 4.78 is 5.09. The first kappa shape index (κ1) is 36.6. The number of para-hydroxylation sites is 1. The molecule has 0 amide bonds. The zero-order valence-corrected chi connectivity index (χ0v) is 35.7. The maximum Gasteiger partial charge on any atom is 0.0541 e. The third kappa shape index (κ3) is 5.77. The van der Waals surface area contributed by atoms with Gasteiger partial charge < -0.3 is 4.57 Å². The molecule has 13 aromatic rings. The predicted octanol–water partition coefficient (Wildman–Crippen LogP) is 17.8. The third-order valence-electron chi connectivity index (χ3n) is 13.2. The molecule has 0 bridgehead atoms. The van der Waals surface area contributed by atoms with E-state index in [1.165, 1.54) is 119 Å². The molecule has 0 aliphatic rings. The molecule has 11 aromatic carbocycles. The molecule has 13 rings (SSSR count). The van der Waals surface area contributed by atoms with Crippen LogP contribution in [0.25, 0.3) is 125 Å². The summed E-state index contributed by atoms with van der Waals surface area (Å²) in [5.74, 6) is 0. The van der Waals surface area contributed by atoms with Crippen molar-refractivity contribution in [1.82, 2.24) is 4.57 Å². The molecule has 298 valence electrons. The second-order valence-corrected chi connectivity index (χ2v) is 17.8. The Bertz CT molecular complexity index is 3920. The molecule has 0 aliphatic carbocycles. The Morgan fingerprint density at radius 2 is 0.703 bits per heavy atom. The fourth-order valence-corrected chi connectivity index (χ4v) is 11.7. The van der Waals surface area contributed by atoms with E-state index in [2.05, 4.69) is 241 Å². The van der Waals surface area contributed by atoms with Gasteiger partial charge in [-0.15, -0.1) is 11.3 Å². The first-order valence-electron chi connectivity index (χ1n) is 22.0. The van der Waals surface area contributed by atoms with Gasteiger partial charge in [0.25, 0.3) is 0 Å². The van der Waals surface area contributed by atoms with E-state index in [9.17, 15) is 0 Å². The van der Waals surface area contributed by atoms with Crippen LogP contribution in [-0.2, 0) is 0 Å². The SMILES string of the molecule is c1ccc(-c2c3ccccc3c(-c3ccccc3)c3cc(-c4ccc(-n5c6ccccc6c6cc(-c7cccc8c7sc7c(-c9ccccc9)cccc78)ccc65)cc4)ccc23)cc1. The van der Waals surface area contributed by atoms with Crippen LogP contribution in [0, 0.1) is 0 Å². The Morgan fingerprint density at radius 1 is 0.250 bits per heavy atom. The van der Waals surface area contributed by atoms with Crippen molar-refractivity contribution in [3.05, 3.63) is 237 Å². The van der Waals surface area contributed by atoms with Crippen LogP contribution in [0.2, 0.25) is 0 Å². The first-order valence-corrected chi connectivity index (χ1v) is 22.8. The normalized spacial score (nSPS) is 11.8. The summed E-state index contributed by atoms with van der Waals surface area (Å²) in [7, 11) is 0. The highest BCUT2D eigenvalue weighted by Gasteiger charge is 2.19.